The molecule has 0 aliphatic rings. The molecule has 0 atom stereocenters. The van der Waals surface area contributed by atoms with Gasteiger partial charge in [0.25, 0.3) is 5.91 Å². The first-order chi connectivity index (χ1) is 12.1. The minimum Gasteiger partial charge on any atom is -0.354 e. The smallest absolute Gasteiger partial charge is 0.270 e. The van der Waals surface area contributed by atoms with Crippen molar-refractivity contribution >= 4 is 17.3 Å². The van der Waals surface area contributed by atoms with Crippen LogP contribution in [0.3, 0.4) is 0 Å². The minimum atomic E-state index is -0.199. The van der Waals surface area contributed by atoms with Gasteiger partial charge in [0, 0.05) is 24.6 Å². The summed E-state index contributed by atoms with van der Waals surface area (Å²) in [6, 6.07) is 13.4. The van der Waals surface area contributed by atoms with Gasteiger partial charge in [0.15, 0.2) is 0 Å². The summed E-state index contributed by atoms with van der Waals surface area (Å²) in [5.74, 6) is -0.199. The first-order valence-corrected chi connectivity index (χ1v) is 8.10. The first-order valence-electron chi connectivity index (χ1n) is 8.10. The van der Waals surface area contributed by atoms with Gasteiger partial charge in [-0.15, -0.1) is 0 Å². The number of carbonyl (C=O) groups excluding carboxylic acids is 1. The van der Waals surface area contributed by atoms with Crippen molar-refractivity contribution in [2.75, 3.05) is 5.32 Å². The molecule has 2 aromatic heterocycles. The van der Waals surface area contributed by atoms with E-state index in [-0.39, 0.29) is 5.91 Å². The van der Waals surface area contributed by atoms with Crippen LogP contribution in [-0.4, -0.2) is 15.9 Å². The van der Waals surface area contributed by atoms with E-state index in [1.54, 1.807) is 24.7 Å². The number of nitrogens with zero attached hydrogens (tertiary/aromatic N) is 2. The van der Waals surface area contributed by atoms with Crippen LogP contribution in [0.5, 0.6) is 0 Å². The summed E-state index contributed by atoms with van der Waals surface area (Å²) in [4.78, 5) is 20.4. The second-order valence-corrected chi connectivity index (χ2v) is 5.84. The van der Waals surface area contributed by atoms with Crippen LogP contribution >= 0.6 is 0 Å². The Bertz CT molecular complexity index is 861. The number of rotatable bonds is 5. The third kappa shape index (κ3) is 4.20. The van der Waals surface area contributed by atoms with E-state index in [9.17, 15) is 4.79 Å². The van der Waals surface area contributed by atoms with Crippen LogP contribution in [0.2, 0.25) is 0 Å². The molecule has 0 fully saturated rings. The highest BCUT2D eigenvalue weighted by Gasteiger charge is 2.07. The van der Waals surface area contributed by atoms with E-state index in [2.05, 4.69) is 40.5 Å². The normalized spacial score (nSPS) is 10.3. The first kappa shape index (κ1) is 16.6. The molecule has 3 rings (SSSR count). The topological polar surface area (TPSA) is 66.9 Å². The van der Waals surface area contributed by atoms with Crippen LogP contribution in [0.1, 0.15) is 27.2 Å². The molecule has 0 bridgehead atoms. The lowest BCUT2D eigenvalue weighted by molar-refractivity contribution is 0.0946. The molecule has 1 amide bonds. The molecule has 0 unspecified atom stereocenters. The summed E-state index contributed by atoms with van der Waals surface area (Å²) >= 11 is 0. The van der Waals surface area contributed by atoms with Crippen molar-refractivity contribution in [2.45, 2.75) is 20.4 Å². The number of nitrogens with one attached hydrogen (secondary N) is 2. The number of carbonyl (C=O) groups is 1. The second-order valence-electron chi connectivity index (χ2n) is 5.84. The Morgan fingerprint density at radius 3 is 2.56 bits per heavy atom. The maximum absolute atomic E-state index is 12.2. The van der Waals surface area contributed by atoms with Crippen molar-refractivity contribution in [3.8, 4) is 0 Å². The number of anilines is 2. The fourth-order valence-electron chi connectivity index (χ4n) is 2.42. The lowest BCUT2D eigenvalue weighted by Gasteiger charge is -2.11. The van der Waals surface area contributed by atoms with Gasteiger partial charge in [0.05, 0.1) is 11.9 Å². The minimum absolute atomic E-state index is 0.199. The van der Waals surface area contributed by atoms with Crippen LogP contribution < -0.4 is 10.6 Å². The summed E-state index contributed by atoms with van der Waals surface area (Å²) < 4.78 is 0. The molecule has 0 radical (unpaired) electrons. The van der Waals surface area contributed by atoms with Gasteiger partial charge in [-0.1, -0.05) is 12.1 Å². The average molecular weight is 332 g/mol. The van der Waals surface area contributed by atoms with Gasteiger partial charge < -0.3 is 10.6 Å². The molecule has 0 aliphatic carbocycles. The van der Waals surface area contributed by atoms with Crippen molar-refractivity contribution in [3.63, 3.8) is 0 Å². The molecular weight excluding hydrogens is 312 g/mol. The highest BCUT2D eigenvalue weighted by molar-refractivity contribution is 5.92. The van der Waals surface area contributed by atoms with Gasteiger partial charge in [0.1, 0.15) is 5.69 Å². The van der Waals surface area contributed by atoms with E-state index in [0.717, 1.165) is 16.9 Å². The van der Waals surface area contributed by atoms with Crippen molar-refractivity contribution in [3.05, 3.63) is 83.4 Å². The van der Waals surface area contributed by atoms with E-state index in [1.807, 2.05) is 30.3 Å². The fraction of sp³-hybridized carbons (Fsp3) is 0.150. The molecule has 0 saturated heterocycles. The lowest BCUT2D eigenvalue weighted by atomic mass is 10.1. The Hall–Kier alpha value is -3.21. The Morgan fingerprint density at radius 1 is 1.04 bits per heavy atom. The molecule has 2 N–H and O–H groups in total. The predicted octanol–water partition coefficient (Wildman–Crippen LogP) is 3.77. The van der Waals surface area contributed by atoms with Gasteiger partial charge in [-0.3, -0.25) is 9.78 Å². The molecule has 5 nitrogen and oxygen atoms in total. The number of aromatic nitrogens is 2. The molecule has 0 saturated carbocycles. The van der Waals surface area contributed by atoms with Crippen molar-refractivity contribution in [2.24, 2.45) is 0 Å². The van der Waals surface area contributed by atoms with Crippen LogP contribution in [0.25, 0.3) is 0 Å². The lowest BCUT2D eigenvalue weighted by Crippen LogP contribution is -2.23. The van der Waals surface area contributed by atoms with E-state index in [4.69, 9.17) is 0 Å². The van der Waals surface area contributed by atoms with Crippen LogP contribution in [0.4, 0.5) is 11.4 Å². The largest absolute Gasteiger partial charge is 0.354 e. The zero-order valence-corrected chi connectivity index (χ0v) is 14.3. The Balaban J connectivity index is 1.63. The molecule has 1 aromatic carbocycles. The summed E-state index contributed by atoms with van der Waals surface area (Å²) in [7, 11) is 0. The number of hydrogen-bond donors (Lipinski definition) is 2. The van der Waals surface area contributed by atoms with Crippen molar-refractivity contribution < 1.29 is 4.79 Å². The van der Waals surface area contributed by atoms with Crippen molar-refractivity contribution in [1.82, 2.24) is 15.3 Å². The molecule has 126 valence electrons. The number of aryl methyl sites for hydroxylation is 1. The standard InChI is InChI=1S/C20H20N4O/c1-14-4-3-5-18(15(14)2)24-17-6-7-19(22-13-17)20(25)23-12-16-8-10-21-11-9-16/h3-11,13,24H,12H2,1-2H3,(H,23,25). The van der Waals surface area contributed by atoms with E-state index in [0.29, 0.717) is 12.2 Å². The fourth-order valence-corrected chi connectivity index (χ4v) is 2.42. The third-order valence-corrected chi connectivity index (χ3v) is 4.08. The van der Waals surface area contributed by atoms with Crippen LogP contribution in [-0.2, 0) is 6.54 Å². The molecule has 25 heavy (non-hydrogen) atoms. The van der Waals surface area contributed by atoms with Gasteiger partial charge in [-0.2, -0.15) is 0 Å². The molecule has 0 aliphatic heterocycles. The van der Waals surface area contributed by atoms with E-state index in [1.165, 1.54) is 11.1 Å². The Kier molecular flexibility index (Phi) is 5.04. The highest BCUT2D eigenvalue weighted by atomic mass is 16.1. The predicted molar refractivity (Wildman–Crippen MR) is 98.8 cm³/mol. The van der Waals surface area contributed by atoms with E-state index >= 15 is 0 Å². The van der Waals surface area contributed by atoms with Crippen LogP contribution in [0.15, 0.2) is 61.1 Å². The molecule has 2 heterocycles. The second kappa shape index (κ2) is 7.57. The highest BCUT2D eigenvalue weighted by Crippen LogP contribution is 2.22. The van der Waals surface area contributed by atoms with Gasteiger partial charge in [0.2, 0.25) is 0 Å². The zero-order chi connectivity index (χ0) is 17.6. The summed E-state index contributed by atoms with van der Waals surface area (Å²) in [5, 5.41) is 6.19. The quantitative estimate of drug-likeness (QED) is 0.746. The Labute approximate surface area is 147 Å². The molecule has 5 heteroatoms. The summed E-state index contributed by atoms with van der Waals surface area (Å²) in [5.41, 5.74) is 5.69. The monoisotopic (exact) mass is 332 g/mol. The summed E-state index contributed by atoms with van der Waals surface area (Å²) in [6.07, 6.45) is 5.07. The number of amides is 1. The average Bonchev–Trinajstić information content (AvgIpc) is 2.65. The van der Waals surface area contributed by atoms with Gasteiger partial charge in [-0.05, 0) is 60.9 Å². The molecule has 0 spiro atoms. The van der Waals surface area contributed by atoms with Crippen molar-refractivity contribution in [1.29, 1.82) is 0 Å². The maximum atomic E-state index is 12.2. The van der Waals surface area contributed by atoms with Crippen LogP contribution in [0, 0.1) is 13.8 Å². The van der Waals surface area contributed by atoms with E-state index < -0.39 is 0 Å². The summed E-state index contributed by atoms with van der Waals surface area (Å²) in [6.45, 7) is 4.60. The number of pyridine rings is 2. The number of benzene rings is 1. The Morgan fingerprint density at radius 2 is 1.84 bits per heavy atom. The molecular formula is C20H20N4O. The van der Waals surface area contributed by atoms with Gasteiger partial charge >= 0.3 is 0 Å². The van der Waals surface area contributed by atoms with Gasteiger partial charge in [-0.25, -0.2) is 4.98 Å². The SMILES string of the molecule is Cc1cccc(Nc2ccc(C(=O)NCc3ccncc3)nc2)c1C. The third-order valence-electron chi connectivity index (χ3n) is 4.08. The zero-order valence-electron chi connectivity index (χ0n) is 14.3. The maximum Gasteiger partial charge on any atom is 0.270 e. The molecule has 3 aromatic rings. The number of hydrogen-bond acceptors (Lipinski definition) is 4.